The van der Waals surface area contributed by atoms with Gasteiger partial charge in [0.15, 0.2) is 5.96 Å². The highest BCUT2D eigenvalue weighted by atomic mass is 16.5. The van der Waals surface area contributed by atoms with Crippen molar-refractivity contribution in [3.63, 3.8) is 0 Å². The van der Waals surface area contributed by atoms with Crippen LogP contribution in [0.2, 0.25) is 0 Å². The lowest BCUT2D eigenvalue weighted by Gasteiger charge is -2.10. The number of ether oxygens (including phenoxy) is 1. The molecule has 2 rings (SSSR count). The minimum atomic E-state index is -0.118. The van der Waals surface area contributed by atoms with Crippen molar-refractivity contribution in [2.24, 2.45) is 10.7 Å². The van der Waals surface area contributed by atoms with Crippen molar-refractivity contribution in [1.82, 2.24) is 0 Å². The molecule has 5 heteroatoms. The van der Waals surface area contributed by atoms with Gasteiger partial charge in [0.25, 0.3) is 0 Å². The van der Waals surface area contributed by atoms with Gasteiger partial charge in [0.1, 0.15) is 6.10 Å². The second kappa shape index (κ2) is 8.41. The number of nitrogens with one attached hydrogen (secondary N) is 1. The number of hydrogen-bond acceptors (Lipinski definition) is 3. The molecule has 1 aliphatic carbocycles. The van der Waals surface area contributed by atoms with Gasteiger partial charge in [-0.25, -0.2) is 0 Å². The average molecular weight is 303 g/mol. The SMILES string of the molecule is Cc1ccc(NC(N)=NCCCC(=O)OC2CCCC2)cc1. The number of nitrogens with two attached hydrogens (primary N) is 1. The molecule has 0 amide bonds. The summed E-state index contributed by atoms with van der Waals surface area (Å²) in [5.41, 5.74) is 7.92. The van der Waals surface area contributed by atoms with E-state index in [2.05, 4.69) is 10.3 Å². The van der Waals surface area contributed by atoms with Gasteiger partial charge in [-0.05, 0) is 51.2 Å². The van der Waals surface area contributed by atoms with E-state index in [1.807, 2.05) is 31.2 Å². The highest BCUT2D eigenvalue weighted by Crippen LogP contribution is 2.21. The zero-order valence-electron chi connectivity index (χ0n) is 13.2. The van der Waals surface area contributed by atoms with Crippen LogP contribution in [0.25, 0.3) is 0 Å². The topological polar surface area (TPSA) is 76.7 Å². The molecule has 5 nitrogen and oxygen atoms in total. The van der Waals surface area contributed by atoms with E-state index in [9.17, 15) is 4.79 Å². The van der Waals surface area contributed by atoms with Crippen molar-refractivity contribution in [3.05, 3.63) is 29.8 Å². The quantitative estimate of drug-likeness (QED) is 0.366. The molecule has 0 heterocycles. The van der Waals surface area contributed by atoms with Crippen LogP contribution in [0.4, 0.5) is 5.69 Å². The molecule has 0 aromatic heterocycles. The van der Waals surface area contributed by atoms with Crippen LogP contribution in [0.3, 0.4) is 0 Å². The van der Waals surface area contributed by atoms with Crippen molar-refractivity contribution in [2.45, 2.75) is 51.6 Å². The molecule has 0 spiro atoms. The van der Waals surface area contributed by atoms with Crippen molar-refractivity contribution >= 4 is 17.6 Å². The molecule has 0 bridgehead atoms. The molecule has 0 saturated heterocycles. The third-order valence-electron chi connectivity index (χ3n) is 3.75. The third kappa shape index (κ3) is 5.76. The molecule has 1 aliphatic rings. The Morgan fingerprint density at radius 1 is 1.32 bits per heavy atom. The maximum atomic E-state index is 11.6. The van der Waals surface area contributed by atoms with Gasteiger partial charge in [-0.15, -0.1) is 0 Å². The normalized spacial score (nSPS) is 15.8. The summed E-state index contributed by atoms with van der Waals surface area (Å²) in [5.74, 6) is 0.250. The predicted molar refractivity (Wildman–Crippen MR) is 88.9 cm³/mol. The van der Waals surface area contributed by atoms with Crippen molar-refractivity contribution in [1.29, 1.82) is 0 Å². The van der Waals surface area contributed by atoms with Gasteiger partial charge >= 0.3 is 5.97 Å². The van der Waals surface area contributed by atoms with E-state index in [1.54, 1.807) is 0 Å². The van der Waals surface area contributed by atoms with Gasteiger partial charge in [0, 0.05) is 18.7 Å². The average Bonchev–Trinajstić information content (AvgIpc) is 2.99. The summed E-state index contributed by atoms with van der Waals surface area (Å²) in [4.78, 5) is 15.9. The second-order valence-corrected chi connectivity index (χ2v) is 5.76. The minimum Gasteiger partial charge on any atom is -0.462 e. The predicted octanol–water partition coefficient (Wildman–Crippen LogP) is 2.99. The number of aryl methyl sites for hydroxylation is 1. The maximum absolute atomic E-state index is 11.6. The molecule has 1 aromatic rings. The van der Waals surface area contributed by atoms with Gasteiger partial charge in [-0.2, -0.15) is 0 Å². The molecule has 3 N–H and O–H groups in total. The summed E-state index contributed by atoms with van der Waals surface area (Å²) in [5, 5.41) is 3.03. The van der Waals surface area contributed by atoms with Crippen LogP contribution in [0.15, 0.2) is 29.3 Å². The molecular weight excluding hydrogens is 278 g/mol. The lowest BCUT2D eigenvalue weighted by Crippen LogP contribution is -2.23. The first-order valence-electron chi connectivity index (χ1n) is 7.96. The second-order valence-electron chi connectivity index (χ2n) is 5.76. The first kappa shape index (κ1) is 16.3. The first-order chi connectivity index (χ1) is 10.6. The summed E-state index contributed by atoms with van der Waals surface area (Å²) in [6.45, 7) is 2.55. The van der Waals surface area contributed by atoms with Crippen LogP contribution in [-0.2, 0) is 9.53 Å². The fraction of sp³-hybridized carbons (Fsp3) is 0.529. The fourth-order valence-corrected chi connectivity index (χ4v) is 2.50. The fourth-order valence-electron chi connectivity index (χ4n) is 2.50. The van der Waals surface area contributed by atoms with Crippen molar-refractivity contribution in [2.75, 3.05) is 11.9 Å². The van der Waals surface area contributed by atoms with E-state index in [0.29, 0.717) is 25.3 Å². The van der Waals surface area contributed by atoms with E-state index in [-0.39, 0.29) is 12.1 Å². The largest absolute Gasteiger partial charge is 0.462 e. The van der Waals surface area contributed by atoms with Crippen LogP contribution < -0.4 is 11.1 Å². The molecule has 1 fully saturated rings. The molecule has 0 unspecified atom stereocenters. The zero-order valence-corrected chi connectivity index (χ0v) is 13.2. The van der Waals surface area contributed by atoms with E-state index in [0.717, 1.165) is 18.5 Å². The number of anilines is 1. The summed E-state index contributed by atoms with van der Waals surface area (Å²) in [6, 6.07) is 7.93. The number of aliphatic imine (C=N–C) groups is 1. The highest BCUT2D eigenvalue weighted by molar-refractivity contribution is 5.92. The molecule has 1 saturated carbocycles. The van der Waals surface area contributed by atoms with Crippen LogP contribution in [0.5, 0.6) is 0 Å². The Hall–Kier alpha value is -2.04. The van der Waals surface area contributed by atoms with Crippen LogP contribution in [0.1, 0.15) is 44.1 Å². The smallest absolute Gasteiger partial charge is 0.306 e. The molecule has 22 heavy (non-hydrogen) atoms. The Bertz CT molecular complexity index is 505. The summed E-state index contributed by atoms with van der Waals surface area (Å²) in [7, 11) is 0. The maximum Gasteiger partial charge on any atom is 0.306 e. The lowest BCUT2D eigenvalue weighted by atomic mass is 10.2. The zero-order chi connectivity index (χ0) is 15.8. The van der Waals surface area contributed by atoms with Gasteiger partial charge in [-0.1, -0.05) is 17.7 Å². The Morgan fingerprint density at radius 2 is 2.00 bits per heavy atom. The van der Waals surface area contributed by atoms with Crippen molar-refractivity contribution < 1.29 is 9.53 Å². The molecule has 0 atom stereocenters. The summed E-state index contributed by atoms with van der Waals surface area (Å²) < 4.78 is 5.39. The lowest BCUT2D eigenvalue weighted by molar-refractivity contribution is -0.148. The number of hydrogen-bond donors (Lipinski definition) is 2. The van der Waals surface area contributed by atoms with Crippen molar-refractivity contribution in [3.8, 4) is 0 Å². The van der Waals surface area contributed by atoms with E-state index >= 15 is 0 Å². The first-order valence-corrected chi connectivity index (χ1v) is 7.96. The number of guanidine groups is 1. The number of nitrogens with zero attached hydrogens (tertiary/aromatic N) is 1. The van der Waals surface area contributed by atoms with Gasteiger partial charge in [-0.3, -0.25) is 9.79 Å². The molecule has 120 valence electrons. The third-order valence-corrected chi connectivity index (χ3v) is 3.75. The molecule has 0 radical (unpaired) electrons. The van der Waals surface area contributed by atoms with Gasteiger partial charge in [0.05, 0.1) is 0 Å². The van der Waals surface area contributed by atoms with Crippen LogP contribution in [0, 0.1) is 6.92 Å². The Kier molecular flexibility index (Phi) is 6.25. The van der Waals surface area contributed by atoms with E-state index in [4.69, 9.17) is 10.5 Å². The monoisotopic (exact) mass is 303 g/mol. The molecule has 0 aliphatic heterocycles. The number of benzene rings is 1. The van der Waals surface area contributed by atoms with E-state index < -0.39 is 0 Å². The number of carbonyl (C=O) groups is 1. The Morgan fingerprint density at radius 3 is 2.68 bits per heavy atom. The summed E-state index contributed by atoms with van der Waals surface area (Å²) in [6.07, 6.45) is 5.56. The van der Waals surface area contributed by atoms with Gasteiger partial charge in [0.2, 0.25) is 0 Å². The Labute approximate surface area is 132 Å². The number of carbonyl (C=O) groups excluding carboxylic acids is 1. The Balaban J connectivity index is 1.63. The van der Waals surface area contributed by atoms with Crippen LogP contribution in [-0.4, -0.2) is 24.6 Å². The van der Waals surface area contributed by atoms with Crippen LogP contribution >= 0.6 is 0 Å². The molecule has 1 aromatic carbocycles. The minimum absolute atomic E-state index is 0.118. The highest BCUT2D eigenvalue weighted by Gasteiger charge is 2.18. The van der Waals surface area contributed by atoms with Gasteiger partial charge < -0.3 is 15.8 Å². The number of rotatable bonds is 6. The molecular formula is C17H25N3O2. The standard InChI is InChI=1S/C17H25N3O2/c1-13-8-10-14(11-9-13)20-17(18)19-12-4-7-16(21)22-15-5-2-3-6-15/h8-11,15H,2-7,12H2,1H3,(H3,18,19,20). The summed E-state index contributed by atoms with van der Waals surface area (Å²) >= 11 is 0. The van der Waals surface area contributed by atoms with E-state index in [1.165, 1.54) is 18.4 Å². The number of esters is 1.